The number of ether oxygens (including phenoxy) is 2. The van der Waals surface area contributed by atoms with Gasteiger partial charge in [-0.15, -0.1) is 0 Å². The van der Waals surface area contributed by atoms with Gasteiger partial charge >= 0.3 is 0 Å². The molecule has 0 aliphatic carbocycles. The lowest BCUT2D eigenvalue weighted by molar-refractivity contribution is -0.301. The quantitative estimate of drug-likeness (QED) is 0.328. The zero-order valence-electron chi connectivity index (χ0n) is 16.4. The summed E-state index contributed by atoms with van der Waals surface area (Å²) in [5.41, 5.74) is 0. The zero-order valence-corrected chi connectivity index (χ0v) is 16.4. The topological polar surface area (TPSA) is 99.4 Å². The molecular formula is C20H40O6. The van der Waals surface area contributed by atoms with Gasteiger partial charge in [-0.3, -0.25) is 0 Å². The van der Waals surface area contributed by atoms with Gasteiger partial charge < -0.3 is 29.9 Å². The second-order valence-corrected chi connectivity index (χ2v) is 7.46. The lowest BCUT2D eigenvalue weighted by Crippen LogP contribution is -2.59. The van der Waals surface area contributed by atoms with Gasteiger partial charge in [-0.1, -0.05) is 77.6 Å². The normalized spacial score (nSPS) is 29.2. The molecule has 0 amide bonds. The van der Waals surface area contributed by atoms with Gasteiger partial charge in [0.15, 0.2) is 6.29 Å². The molecule has 0 aromatic carbocycles. The first-order valence-electron chi connectivity index (χ1n) is 10.5. The maximum absolute atomic E-state index is 9.87. The lowest BCUT2D eigenvalue weighted by Gasteiger charge is -2.39. The Hall–Kier alpha value is -0.240. The second-order valence-electron chi connectivity index (χ2n) is 7.46. The molecule has 0 bridgehead atoms. The van der Waals surface area contributed by atoms with E-state index in [1.165, 1.54) is 64.2 Å². The van der Waals surface area contributed by atoms with E-state index in [9.17, 15) is 15.3 Å². The Morgan fingerprint density at radius 3 is 1.69 bits per heavy atom. The van der Waals surface area contributed by atoms with Crippen LogP contribution in [-0.2, 0) is 9.47 Å². The first-order valence-corrected chi connectivity index (χ1v) is 10.5. The minimum atomic E-state index is -1.37. The van der Waals surface area contributed by atoms with Crippen molar-refractivity contribution in [3.63, 3.8) is 0 Å². The number of rotatable bonds is 15. The van der Waals surface area contributed by atoms with Crippen LogP contribution in [0.1, 0.15) is 84.0 Å². The van der Waals surface area contributed by atoms with Gasteiger partial charge in [-0.25, -0.2) is 0 Å². The van der Waals surface area contributed by atoms with E-state index in [0.29, 0.717) is 6.61 Å². The van der Waals surface area contributed by atoms with Crippen molar-refractivity contribution in [1.82, 2.24) is 0 Å². The number of hydrogen-bond donors (Lipinski definition) is 4. The van der Waals surface area contributed by atoms with Crippen LogP contribution in [0, 0.1) is 0 Å². The van der Waals surface area contributed by atoms with Crippen LogP contribution in [0.4, 0.5) is 0 Å². The minimum absolute atomic E-state index is 0.427. The molecule has 0 spiro atoms. The number of unbranched alkanes of at least 4 members (excludes halogenated alkanes) is 11. The molecule has 0 aromatic heterocycles. The molecule has 156 valence electrons. The summed E-state index contributed by atoms with van der Waals surface area (Å²) in [7, 11) is 0. The molecule has 1 heterocycles. The summed E-state index contributed by atoms with van der Waals surface area (Å²) in [6.45, 7) is 2.25. The van der Waals surface area contributed by atoms with Crippen LogP contribution >= 0.6 is 0 Å². The molecule has 0 aromatic rings. The Kier molecular flexibility index (Phi) is 13.5. The van der Waals surface area contributed by atoms with Gasteiger partial charge in [0.05, 0.1) is 6.61 Å². The molecule has 5 atom stereocenters. The third-order valence-corrected chi connectivity index (χ3v) is 5.13. The van der Waals surface area contributed by atoms with E-state index in [4.69, 9.17) is 14.6 Å². The monoisotopic (exact) mass is 376 g/mol. The molecule has 1 aliphatic heterocycles. The summed E-state index contributed by atoms with van der Waals surface area (Å²) in [6, 6.07) is 0. The second kappa shape index (κ2) is 14.8. The fraction of sp³-hybridized carbons (Fsp3) is 1.00. The van der Waals surface area contributed by atoms with E-state index in [1.54, 1.807) is 0 Å². The third kappa shape index (κ3) is 9.11. The smallest absolute Gasteiger partial charge is 0.186 e. The van der Waals surface area contributed by atoms with Crippen molar-refractivity contribution in [1.29, 1.82) is 0 Å². The van der Waals surface area contributed by atoms with E-state index in [2.05, 4.69) is 6.92 Å². The molecular weight excluding hydrogens is 336 g/mol. The Labute approximate surface area is 158 Å². The summed E-state index contributed by atoms with van der Waals surface area (Å²) >= 11 is 0. The highest BCUT2D eigenvalue weighted by atomic mass is 16.7. The van der Waals surface area contributed by atoms with Crippen LogP contribution in [0.3, 0.4) is 0 Å². The molecule has 1 unspecified atom stereocenters. The van der Waals surface area contributed by atoms with Crippen LogP contribution in [-0.4, -0.2) is 64.3 Å². The molecule has 1 fully saturated rings. The summed E-state index contributed by atoms with van der Waals surface area (Å²) < 4.78 is 10.8. The van der Waals surface area contributed by atoms with Crippen molar-refractivity contribution >= 4 is 0 Å². The van der Waals surface area contributed by atoms with Crippen molar-refractivity contribution in [2.24, 2.45) is 0 Å². The van der Waals surface area contributed by atoms with Gasteiger partial charge in [-0.2, -0.15) is 0 Å². The van der Waals surface area contributed by atoms with E-state index in [-0.39, 0.29) is 0 Å². The van der Waals surface area contributed by atoms with Crippen LogP contribution in [0.5, 0.6) is 0 Å². The molecule has 1 rings (SSSR count). The number of hydrogen-bond acceptors (Lipinski definition) is 6. The van der Waals surface area contributed by atoms with Crippen LogP contribution in [0.15, 0.2) is 0 Å². The molecule has 1 aliphatic rings. The summed E-state index contributed by atoms with van der Waals surface area (Å²) in [6.07, 6.45) is 9.21. The largest absolute Gasteiger partial charge is 0.394 e. The molecule has 6 nitrogen and oxygen atoms in total. The molecule has 1 saturated heterocycles. The summed E-state index contributed by atoms with van der Waals surface area (Å²) in [4.78, 5) is 0. The SMILES string of the molecule is CCCCCCCCCCCCCCOC1O[C@H](CO)[C@H](O)[C@H](O)[C@H]1O. The maximum atomic E-state index is 9.87. The molecule has 4 N–H and O–H groups in total. The van der Waals surface area contributed by atoms with E-state index < -0.39 is 37.3 Å². The number of aliphatic hydroxyl groups excluding tert-OH is 4. The van der Waals surface area contributed by atoms with Gasteiger partial charge in [0, 0.05) is 6.61 Å². The Morgan fingerprint density at radius 1 is 0.692 bits per heavy atom. The third-order valence-electron chi connectivity index (χ3n) is 5.13. The van der Waals surface area contributed by atoms with Gasteiger partial charge in [0.25, 0.3) is 0 Å². The van der Waals surface area contributed by atoms with Gasteiger partial charge in [-0.05, 0) is 6.42 Å². The molecule has 0 saturated carbocycles. The van der Waals surface area contributed by atoms with E-state index in [0.717, 1.165) is 12.8 Å². The van der Waals surface area contributed by atoms with Crippen molar-refractivity contribution in [2.45, 2.75) is 115 Å². The highest BCUT2D eigenvalue weighted by Gasteiger charge is 2.43. The van der Waals surface area contributed by atoms with Crippen molar-refractivity contribution in [2.75, 3.05) is 13.2 Å². The fourth-order valence-electron chi connectivity index (χ4n) is 3.35. The van der Waals surface area contributed by atoms with Crippen LogP contribution in [0.25, 0.3) is 0 Å². The first kappa shape index (κ1) is 23.8. The van der Waals surface area contributed by atoms with Crippen molar-refractivity contribution in [3.05, 3.63) is 0 Å². The predicted molar refractivity (Wildman–Crippen MR) is 101 cm³/mol. The van der Waals surface area contributed by atoms with Crippen molar-refractivity contribution in [3.8, 4) is 0 Å². The van der Waals surface area contributed by atoms with Crippen LogP contribution in [0.2, 0.25) is 0 Å². The summed E-state index contributed by atoms with van der Waals surface area (Å²) in [5, 5.41) is 38.4. The zero-order chi connectivity index (χ0) is 19.2. The average molecular weight is 377 g/mol. The van der Waals surface area contributed by atoms with E-state index in [1.807, 2.05) is 0 Å². The molecule has 6 heteroatoms. The van der Waals surface area contributed by atoms with Gasteiger partial charge in [0.2, 0.25) is 0 Å². The standard InChI is InChI=1S/C20H40O6/c1-2-3-4-5-6-7-8-9-10-11-12-13-14-25-20-19(24)18(23)17(22)16(15-21)26-20/h16-24H,2-15H2,1H3/t16-,17+,18+,19-,20?/m1/s1. The minimum Gasteiger partial charge on any atom is -0.394 e. The number of aliphatic hydroxyl groups is 4. The lowest BCUT2D eigenvalue weighted by atomic mass is 9.99. The Balaban J connectivity index is 1.95. The fourth-order valence-corrected chi connectivity index (χ4v) is 3.35. The highest BCUT2D eigenvalue weighted by Crippen LogP contribution is 2.22. The Bertz CT molecular complexity index is 325. The maximum Gasteiger partial charge on any atom is 0.186 e. The first-order chi connectivity index (χ1) is 12.6. The van der Waals surface area contributed by atoms with Crippen molar-refractivity contribution < 1.29 is 29.9 Å². The van der Waals surface area contributed by atoms with Gasteiger partial charge in [0.1, 0.15) is 24.4 Å². The predicted octanol–water partition coefficient (Wildman–Crippen LogP) is 2.50. The average Bonchev–Trinajstić information content (AvgIpc) is 2.65. The Morgan fingerprint density at radius 2 is 1.19 bits per heavy atom. The molecule has 0 radical (unpaired) electrons. The highest BCUT2D eigenvalue weighted by molar-refractivity contribution is 4.88. The summed E-state index contributed by atoms with van der Waals surface area (Å²) in [5.74, 6) is 0. The molecule has 26 heavy (non-hydrogen) atoms. The van der Waals surface area contributed by atoms with E-state index >= 15 is 0 Å². The van der Waals surface area contributed by atoms with Crippen LogP contribution < -0.4 is 0 Å².